The van der Waals surface area contributed by atoms with Crippen molar-refractivity contribution >= 4 is 34.2 Å². The lowest BCUT2D eigenvalue weighted by Gasteiger charge is -2.10. The molecule has 1 heterocycles. The second-order valence-corrected chi connectivity index (χ2v) is 6.70. The molecule has 0 atom stereocenters. The number of carbonyl (C=O) groups is 3. The van der Waals surface area contributed by atoms with Gasteiger partial charge in [0.05, 0.1) is 24.3 Å². The first-order chi connectivity index (χ1) is 12.8. The summed E-state index contributed by atoms with van der Waals surface area (Å²) in [6.07, 6.45) is 0. The van der Waals surface area contributed by atoms with E-state index in [0.717, 1.165) is 22.5 Å². The molecule has 1 aromatic carbocycles. The molecule has 0 aliphatic heterocycles. The molecular formula is C19H21NO6S. The highest BCUT2D eigenvalue weighted by atomic mass is 32.1. The molecule has 2 rings (SSSR count). The smallest absolute Gasteiger partial charge is 0.348 e. The minimum absolute atomic E-state index is 0.239. The van der Waals surface area contributed by atoms with E-state index in [1.54, 1.807) is 32.0 Å². The Bertz CT molecular complexity index is 858. The number of methoxy groups -OCH3 is 1. The highest BCUT2D eigenvalue weighted by Gasteiger charge is 2.16. The first-order valence-electron chi connectivity index (χ1n) is 8.24. The second-order valence-electron chi connectivity index (χ2n) is 5.65. The van der Waals surface area contributed by atoms with Gasteiger partial charge in [0.25, 0.3) is 5.91 Å². The van der Waals surface area contributed by atoms with Crippen molar-refractivity contribution < 1.29 is 28.6 Å². The van der Waals surface area contributed by atoms with E-state index in [-0.39, 0.29) is 19.1 Å². The highest BCUT2D eigenvalue weighted by Crippen LogP contribution is 2.27. The molecule has 144 valence electrons. The molecule has 2 aromatic rings. The molecule has 0 unspecified atom stereocenters. The fraction of sp³-hybridized carbons (Fsp3) is 0.316. The lowest BCUT2D eigenvalue weighted by Crippen LogP contribution is -2.20. The van der Waals surface area contributed by atoms with E-state index in [2.05, 4.69) is 10.1 Å². The van der Waals surface area contributed by atoms with Crippen molar-refractivity contribution in [2.75, 3.05) is 25.6 Å². The second kappa shape index (κ2) is 9.18. The van der Waals surface area contributed by atoms with Crippen LogP contribution in [0.4, 0.5) is 5.00 Å². The van der Waals surface area contributed by atoms with Crippen LogP contribution in [0.1, 0.15) is 38.1 Å². The Kier molecular flexibility index (Phi) is 6.95. The van der Waals surface area contributed by atoms with Gasteiger partial charge >= 0.3 is 11.9 Å². The maximum absolute atomic E-state index is 12.2. The Balaban J connectivity index is 2.00. The number of hydrogen-bond donors (Lipinski definition) is 1. The van der Waals surface area contributed by atoms with Gasteiger partial charge in [0.1, 0.15) is 10.6 Å². The minimum Gasteiger partial charge on any atom is -0.483 e. The van der Waals surface area contributed by atoms with Gasteiger partial charge in [-0.05, 0) is 50.1 Å². The normalized spacial score (nSPS) is 10.2. The predicted molar refractivity (Wildman–Crippen MR) is 102 cm³/mol. The van der Waals surface area contributed by atoms with E-state index in [0.29, 0.717) is 21.2 Å². The largest absolute Gasteiger partial charge is 0.483 e. The number of benzene rings is 1. The summed E-state index contributed by atoms with van der Waals surface area (Å²) in [6.45, 7) is 5.37. The van der Waals surface area contributed by atoms with Gasteiger partial charge in [-0.2, -0.15) is 0 Å². The van der Waals surface area contributed by atoms with Gasteiger partial charge in [-0.15, -0.1) is 11.3 Å². The third-order valence-electron chi connectivity index (χ3n) is 3.61. The summed E-state index contributed by atoms with van der Waals surface area (Å²) in [7, 11) is 1.30. The highest BCUT2D eigenvalue weighted by molar-refractivity contribution is 7.18. The summed E-state index contributed by atoms with van der Waals surface area (Å²) in [5.74, 6) is -0.853. The van der Waals surface area contributed by atoms with Gasteiger partial charge in [0, 0.05) is 0 Å². The maximum Gasteiger partial charge on any atom is 0.348 e. The fourth-order valence-electron chi connectivity index (χ4n) is 2.26. The molecule has 0 bridgehead atoms. The molecule has 1 N–H and O–H groups in total. The van der Waals surface area contributed by atoms with Crippen LogP contribution in [0.5, 0.6) is 5.75 Å². The molecule has 0 spiro atoms. The van der Waals surface area contributed by atoms with Gasteiger partial charge in [0.15, 0.2) is 6.61 Å². The van der Waals surface area contributed by atoms with Crippen LogP contribution in [0.3, 0.4) is 0 Å². The van der Waals surface area contributed by atoms with Crippen molar-refractivity contribution in [3.05, 3.63) is 45.8 Å². The monoisotopic (exact) mass is 391 g/mol. The molecule has 1 amide bonds. The molecule has 0 fully saturated rings. The van der Waals surface area contributed by atoms with Gasteiger partial charge in [0.2, 0.25) is 0 Å². The fourth-order valence-corrected chi connectivity index (χ4v) is 3.24. The van der Waals surface area contributed by atoms with Crippen molar-refractivity contribution in [3.63, 3.8) is 0 Å². The Hall–Kier alpha value is -2.87. The maximum atomic E-state index is 12.2. The van der Waals surface area contributed by atoms with E-state index in [1.165, 1.54) is 13.2 Å². The molecule has 1 aromatic heterocycles. The number of hydrogen-bond acceptors (Lipinski definition) is 7. The van der Waals surface area contributed by atoms with Crippen LogP contribution in [0, 0.1) is 13.8 Å². The molecular weight excluding hydrogens is 370 g/mol. The third kappa shape index (κ3) is 5.30. The Morgan fingerprint density at radius 2 is 1.81 bits per heavy atom. The molecule has 0 aliphatic rings. The number of thiophene rings is 1. The Labute approximate surface area is 161 Å². The average Bonchev–Trinajstić information content (AvgIpc) is 3.00. The van der Waals surface area contributed by atoms with Crippen LogP contribution in [0.2, 0.25) is 0 Å². The van der Waals surface area contributed by atoms with Gasteiger partial charge < -0.3 is 19.5 Å². The molecule has 8 heteroatoms. The Morgan fingerprint density at radius 1 is 1.07 bits per heavy atom. The summed E-state index contributed by atoms with van der Waals surface area (Å²) in [6, 6.07) is 6.58. The summed E-state index contributed by atoms with van der Waals surface area (Å²) in [4.78, 5) is 36.0. The molecule has 27 heavy (non-hydrogen) atoms. The van der Waals surface area contributed by atoms with E-state index < -0.39 is 11.9 Å². The van der Waals surface area contributed by atoms with Crippen LogP contribution in [-0.4, -0.2) is 38.2 Å². The van der Waals surface area contributed by atoms with E-state index in [9.17, 15) is 14.4 Å². The van der Waals surface area contributed by atoms with Crippen LogP contribution in [-0.2, 0) is 14.3 Å². The number of ether oxygens (including phenoxy) is 3. The number of carbonyl (C=O) groups excluding carboxylic acids is 3. The van der Waals surface area contributed by atoms with Crippen molar-refractivity contribution in [2.45, 2.75) is 20.8 Å². The molecule has 7 nitrogen and oxygen atoms in total. The SMILES string of the molecule is CCOC(=O)c1sc(NC(=O)COc2cc(C(=O)OC)ccc2C)cc1C. The summed E-state index contributed by atoms with van der Waals surface area (Å²) >= 11 is 1.15. The summed E-state index contributed by atoms with van der Waals surface area (Å²) in [5, 5.41) is 3.23. The number of aryl methyl sites for hydroxylation is 2. The van der Waals surface area contributed by atoms with Gasteiger partial charge in [-0.25, -0.2) is 9.59 Å². The first-order valence-corrected chi connectivity index (χ1v) is 9.06. The van der Waals surface area contributed by atoms with Gasteiger partial charge in [-0.3, -0.25) is 4.79 Å². The predicted octanol–water partition coefficient (Wildman–Crippen LogP) is 3.35. The number of anilines is 1. The number of amides is 1. The molecule has 0 saturated carbocycles. The van der Waals surface area contributed by atoms with E-state index in [1.807, 2.05) is 6.92 Å². The van der Waals surface area contributed by atoms with E-state index >= 15 is 0 Å². The van der Waals surface area contributed by atoms with Crippen LogP contribution in [0.25, 0.3) is 0 Å². The Morgan fingerprint density at radius 3 is 2.48 bits per heavy atom. The molecule has 0 saturated heterocycles. The van der Waals surface area contributed by atoms with Crippen LogP contribution >= 0.6 is 11.3 Å². The average molecular weight is 391 g/mol. The quantitative estimate of drug-likeness (QED) is 0.728. The summed E-state index contributed by atoms with van der Waals surface area (Å²) < 4.78 is 15.2. The van der Waals surface area contributed by atoms with Crippen LogP contribution in [0.15, 0.2) is 24.3 Å². The third-order valence-corrected chi connectivity index (χ3v) is 4.74. The van der Waals surface area contributed by atoms with Crippen molar-refractivity contribution in [1.82, 2.24) is 0 Å². The lowest BCUT2D eigenvalue weighted by molar-refractivity contribution is -0.118. The van der Waals surface area contributed by atoms with Gasteiger partial charge in [-0.1, -0.05) is 6.07 Å². The zero-order valence-corrected chi connectivity index (χ0v) is 16.4. The van der Waals surface area contributed by atoms with Crippen LogP contribution < -0.4 is 10.1 Å². The van der Waals surface area contributed by atoms with Crippen molar-refractivity contribution in [1.29, 1.82) is 0 Å². The topological polar surface area (TPSA) is 90.9 Å². The number of nitrogens with one attached hydrogen (secondary N) is 1. The van der Waals surface area contributed by atoms with Crippen molar-refractivity contribution in [3.8, 4) is 5.75 Å². The lowest BCUT2D eigenvalue weighted by atomic mass is 10.1. The minimum atomic E-state index is -0.482. The molecule has 0 radical (unpaired) electrons. The number of rotatable bonds is 7. The zero-order chi connectivity index (χ0) is 20.0. The van der Waals surface area contributed by atoms with E-state index in [4.69, 9.17) is 9.47 Å². The zero-order valence-electron chi connectivity index (χ0n) is 15.6. The first kappa shape index (κ1) is 20.4. The molecule has 0 aliphatic carbocycles. The number of esters is 2. The summed E-state index contributed by atoms with van der Waals surface area (Å²) in [5.41, 5.74) is 1.86. The standard InChI is InChI=1S/C19H21NO6S/c1-5-25-19(23)17-12(3)8-16(27-17)20-15(21)10-26-14-9-13(18(22)24-4)7-6-11(14)2/h6-9H,5,10H2,1-4H3,(H,20,21). The van der Waals surface area contributed by atoms with Crippen molar-refractivity contribution in [2.24, 2.45) is 0 Å².